The second-order valence-corrected chi connectivity index (χ2v) is 35.4. The second-order valence-electron chi connectivity index (χ2n) is 17.1. The van der Waals surface area contributed by atoms with Crippen LogP contribution in [0.15, 0.2) is 0 Å². The summed E-state index contributed by atoms with van der Waals surface area (Å²) in [7, 11) is -8.60. The van der Waals surface area contributed by atoms with Gasteiger partial charge in [-0.1, -0.05) is 46.8 Å². The molecule has 5 unspecified atom stereocenters. The molecule has 0 saturated carbocycles. The number of carbonyl (C=O) groups is 4. The van der Waals surface area contributed by atoms with E-state index in [1.165, 1.54) is 0 Å². The number of carboxylic acids is 2. The molecule has 0 heterocycles. The van der Waals surface area contributed by atoms with Crippen molar-refractivity contribution in [1.29, 1.82) is 0 Å². The molecule has 0 bridgehead atoms. The van der Waals surface area contributed by atoms with E-state index in [0.717, 1.165) is 25.3 Å². The van der Waals surface area contributed by atoms with Gasteiger partial charge in [0.25, 0.3) is 0 Å². The summed E-state index contributed by atoms with van der Waals surface area (Å²) in [5, 5.41) is 20.3. The van der Waals surface area contributed by atoms with Gasteiger partial charge in [0.05, 0.1) is 31.7 Å². The van der Waals surface area contributed by atoms with Crippen LogP contribution in [0.1, 0.15) is 92.9 Å². The van der Waals surface area contributed by atoms with Crippen LogP contribution in [0.2, 0.25) is 70.5 Å². The van der Waals surface area contributed by atoms with E-state index in [0.29, 0.717) is 13.0 Å². The number of hydrogen-bond donors (Lipinski definition) is 3. The van der Waals surface area contributed by atoms with Crippen LogP contribution < -0.4 is 5.32 Å². The maximum atomic E-state index is 13.2. The molecule has 0 rings (SSSR count). The van der Waals surface area contributed by atoms with Gasteiger partial charge < -0.3 is 33.7 Å². The Morgan fingerprint density at radius 2 is 1.32 bits per heavy atom. The molecular weight excluding hydrogens is 705 g/mol. The van der Waals surface area contributed by atoms with Crippen LogP contribution in [0, 0.1) is 0 Å². The smallest absolute Gasteiger partial charge is 0.303 e. The van der Waals surface area contributed by atoms with E-state index in [4.69, 9.17) is 18.4 Å². The van der Waals surface area contributed by atoms with Crippen LogP contribution in [-0.4, -0.2) is 108 Å². The third kappa shape index (κ3) is 16.1. The monoisotopic (exact) mass is 778 g/mol. The number of amides is 2. The average molecular weight is 779 g/mol. The molecule has 5 atom stereocenters. The Morgan fingerprint density at radius 3 is 1.76 bits per heavy atom. The van der Waals surface area contributed by atoms with Gasteiger partial charge >= 0.3 is 11.9 Å². The molecule has 15 heteroatoms. The topological polar surface area (TPSA) is 152 Å². The third-order valence-corrected chi connectivity index (χ3v) is 23.1. The van der Waals surface area contributed by atoms with Crippen LogP contribution in [0.4, 0.5) is 0 Å². The van der Waals surface area contributed by atoms with Gasteiger partial charge in [-0.05, 0) is 85.4 Å². The predicted molar refractivity (Wildman–Crippen MR) is 213 cm³/mol. The highest BCUT2D eigenvalue weighted by molar-refractivity contribution is 6.80. The summed E-state index contributed by atoms with van der Waals surface area (Å²) in [6.07, 6.45) is 2.33. The molecule has 0 radical (unpaired) electrons. The van der Waals surface area contributed by atoms with E-state index >= 15 is 0 Å². The first kappa shape index (κ1) is 48.6. The predicted octanol–water partition coefficient (Wildman–Crippen LogP) is 7.64. The fourth-order valence-electron chi connectivity index (χ4n) is 6.91. The Kier molecular flexibility index (Phi) is 19.6. The first-order valence-corrected chi connectivity index (χ1v) is 31.3. The van der Waals surface area contributed by atoms with E-state index in [-0.39, 0.29) is 55.9 Å². The average Bonchev–Trinajstić information content (AvgIpc) is 2.96. The van der Waals surface area contributed by atoms with Crippen molar-refractivity contribution >= 4 is 56.8 Å². The molecular formula is C35H74N2O9Si4. The molecule has 0 aliphatic rings. The Bertz CT molecular complexity index is 1110. The fraction of sp³-hybridized carbons (Fsp3) is 0.886. The van der Waals surface area contributed by atoms with Gasteiger partial charge in [-0.15, -0.1) is 0 Å². The zero-order valence-electron chi connectivity index (χ0n) is 34.3. The van der Waals surface area contributed by atoms with E-state index in [2.05, 4.69) is 106 Å². The van der Waals surface area contributed by atoms with Crippen molar-refractivity contribution in [1.82, 2.24) is 10.2 Å². The standard InChI is InChI=1S/C35H74N2O9Si4/c1-16-29(49(13,14)44-28(4)47(7,8)9)34(5,17-2)45-50(15,35(6,18-3)46-48(10,11)12)27-19-25-37(31(39)21-23-33(42)43)26-24-36-30(38)20-22-32(40)41/h28-29H,16-27H2,1-15H3,(H,36,38)(H,40,41)(H,42,43). The van der Waals surface area contributed by atoms with Gasteiger partial charge in [0, 0.05) is 43.7 Å². The second kappa shape index (κ2) is 20.2. The van der Waals surface area contributed by atoms with Gasteiger partial charge in [0.2, 0.25) is 20.1 Å². The summed E-state index contributed by atoms with van der Waals surface area (Å²) in [5.41, 5.74) is 0.00395. The molecule has 0 aromatic carbocycles. The minimum atomic E-state index is -2.78. The zero-order valence-corrected chi connectivity index (χ0v) is 38.3. The van der Waals surface area contributed by atoms with Crippen molar-refractivity contribution in [3.8, 4) is 0 Å². The normalized spacial score (nSPS) is 17.5. The Hall–Kier alpha value is -1.37. The van der Waals surface area contributed by atoms with Crippen molar-refractivity contribution in [2.24, 2.45) is 0 Å². The minimum Gasteiger partial charge on any atom is -0.481 e. The first-order chi connectivity index (χ1) is 22.6. The Labute approximate surface area is 308 Å². The third-order valence-electron chi connectivity index (χ3n) is 10.4. The summed E-state index contributed by atoms with van der Waals surface area (Å²) < 4.78 is 21.8. The highest BCUT2D eigenvalue weighted by Crippen LogP contribution is 2.47. The molecule has 0 aromatic rings. The highest BCUT2D eigenvalue weighted by atomic mass is 28.4. The number of nitrogens with zero attached hydrogens (tertiary/aromatic N) is 1. The zero-order chi connectivity index (χ0) is 39.4. The molecule has 0 aliphatic carbocycles. The van der Waals surface area contributed by atoms with E-state index < -0.39 is 61.7 Å². The molecule has 3 N–H and O–H groups in total. The lowest BCUT2D eigenvalue weighted by Gasteiger charge is -2.54. The van der Waals surface area contributed by atoms with Crippen molar-refractivity contribution in [2.45, 2.75) is 180 Å². The number of rotatable bonds is 26. The SMILES string of the molecule is CCC(C(C)(CC)O[Si](C)(CCCN(CCNC(=O)CCC(=O)O)C(=O)CCC(=O)O)C(C)(CC)O[Si](C)(C)C)[Si](C)(C)OC(C)[Si](C)(C)C. The lowest BCUT2D eigenvalue weighted by Crippen LogP contribution is -2.66. The Balaban J connectivity index is 6.57. The van der Waals surface area contributed by atoms with Crippen LogP contribution in [0.5, 0.6) is 0 Å². The number of aliphatic carboxylic acids is 2. The molecule has 0 aromatic heterocycles. The lowest BCUT2D eigenvalue weighted by atomic mass is 9.97. The summed E-state index contributed by atoms with van der Waals surface area (Å²) in [6, 6.07) is 0.718. The molecule has 0 spiro atoms. The van der Waals surface area contributed by atoms with Gasteiger partial charge in [0.1, 0.15) is 0 Å². The number of carbonyl (C=O) groups excluding carboxylic acids is 2. The van der Waals surface area contributed by atoms with Crippen LogP contribution in [0.3, 0.4) is 0 Å². The molecule has 0 aliphatic heterocycles. The summed E-state index contributed by atoms with van der Waals surface area (Å²) >= 11 is 0. The van der Waals surface area contributed by atoms with Crippen molar-refractivity contribution in [2.75, 3.05) is 19.6 Å². The van der Waals surface area contributed by atoms with E-state index in [9.17, 15) is 24.3 Å². The molecule has 11 nitrogen and oxygen atoms in total. The van der Waals surface area contributed by atoms with Crippen molar-refractivity contribution < 1.29 is 42.7 Å². The highest BCUT2D eigenvalue weighted by Gasteiger charge is 2.56. The Morgan fingerprint density at radius 1 is 0.780 bits per heavy atom. The maximum absolute atomic E-state index is 13.2. The van der Waals surface area contributed by atoms with Gasteiger partial charge in [-0.2, -0.15) is 0 Å². The number of carboxylic acid groups (broad SMARTS) is 2. The molecule has 294 valence electrons. The largest absolute Gasteiger partial charge is 0.481 e. The minimum absolute atomic E-state index is 0.138. The summed E-state index contributed by atoms with van der Waals surface area (Å²) in [6.45, 7) is 34.7. The van der Waals surface area contributed by atoms with E-state index in [1.807, 2.05) is 0 Å². The van der Waals surface area contributed by atoms with Crippen LogP contribution in [0.25, 0.3) is 0 Å². The van der Waals surface area contributed by atoms with Gasteiger partial charge in [-0.3, -0.25) is 19.2 Å². The maximum Gasteiger partial charge on any atom is 0.303 e. The van der Waals surface area contributed by atoms with Crippen molar-refractivity contribution in [3.63, 3.8) is 0 Å². The number of hydrogen-bond acceptors (Lipinski definition) is 7. The first-order valence-electron chi connectivity index (χ1n) is 18.7. The van der Waals surface area contributed by atoms with Gasteiger partial charge in [0.15, 0.2) is 16.6 Å². The molecule has 50 heavy (non-hydrogen) atoms. The molecule has 0 fully saturated rings. The fourth-order valence-corrected chi connectivity index (χ4v) is 20.2. The lowest BCUT2D eigenvalue weighted by molar-refractivity contribution is -0.141. The van der Waals surface area contributed by atoms with Gasteiger partial charge in [-0.25, -0.2) is 0 Å². The quantitative estimate of drug-likeness (QED) is 0.0753. The molecule has 2 amide bonds. The molecule has 0 saturated heterocycles. The van der Waals surface area contributed by atoms with Crippen LogP contribution in [-0.2, 0) is 32.5 Å². The van der Waals surface area contributed by atoms with E-state index in [1.54, 1.807) is 4.90 Å². The number of nitrogens with one attached hydrogen (secondary N) is 1. The summed E-state index contributed by atoms with van der Waals surface area (Å²) in [5.74, 6) is -2.80. The van der Waals surface area contributed by atoms with Crippen molar-refractivity contribution in [3.05, 3.63) is 0 Å². The van der Waals surface area contributed by atoms with Crippen LogP contribution >= 0.6 is 0 Å². The summed E-state index contributed by atoms with van der Waals surface area (Å²) in [4.78, 5) is 49.1.